The zero-order valence-corrected chi connectivity index (χ0v) is 9.15. The Balaban J connectivity index is 2.79. The third-order valence-electron chi connectivity index (χ3n) is 2.22. The largest absolute Gasteiger partial charge is 0.361 e. The molecular formula is C10H10Cl2N2. The van der Waals surface area contributed by atoms with Crippen molar-refractivity contribution in [1.29, 1.82) is 0 Å². The van der Waals surface area contributed by atoms with Crippen molar-refractivity contribution < 1.29 is 0 Å². The number of benzene rings is 1. The van der Waals surface area contributed by atoms with E-state index in [4.69, 9.17) is 28.9 Å². The standard InChI is InChI=1S/C10H10Cl2N2/c1-5(13)7-4-14-9-3-6(11)2-8(12)10(7)9/h2-5,14H,13H2,1H3. The van der Waals surface area contributed by atoms with Gasteiger partial charge in [0.2, 0.25) is 0 Å². The van der Waals surface area contributed by atoms with Gasteiger partial charge in [-0.2, -0.15) is 0 Å². The van der Waals surface area contributed by atoms with Crippen LogP contribution in [0.2, 0.25) is 10.0 Å². The minimum absolute atomic E-state index is 0.0394. The number of fused-ring (bicyclic) bond motifs is 1. The second-order valence-corrected chi connectivity index (χ2v) is 4.19. The van der Waals surface area contributed by atoms with Gasteiger partial charge in [-0.05, 0) is 24.6 Å². The van der Waals surface area contributed by atoms with E-state index in [9.17, 15) is 0 Å². The van der Waals surface area contributed by atoms with Crippen molar-refractivity contribution in [3.63, 3.8) is 0 Å². The first kappa shape index (κ1) is 9.84. The lowest BCUT2D eigenvalue weighted by atomic mass is 10.1. The lowest BCUT2D eigenvalue weighted by molar-refractivity contribution is 0.826. The predicted octanol–water partition coefficient (Wildman–Crippen LogP) is 3.49. The molecule has 1 aromatic heterocycles. The van der Waals surface area contributed by atoms with Crippen molar-refractivity contribution in [2.75, 3.05) is 0 Å². The number of aromatic nitrogens is 1. The van der Waals surface area contributed by atoms with Crippen molar-refractivity contribution in [1.82, 2.24) is 4.98 Å². The molecule has 14 heavy (non-hydrogen) atoms. The fourth-order valence-corrected chi connectivity index (χ4v) is 2.17. The molecule has 2 aromatic rings. The number of H-pyrrole nitrogens is 1. The van der Waals surface area contributed by atoms with E-state index in [1.165, 1.54) is 0 Å². The molecule has 2 rings (SSSR count). The van der Waals surface area contributed by atoms with Crippen molar-refractivity contribution in [2.45, 2.75) is 13.0 Å². The van der Waals surface area contributed by atoms with E-state index in [2.05, 4.69) is 4.98 Å². The smallest absolute Gasteiger partial charge is 0.0518 e. The maximum absolute atomic E-state index is 6.09. The van der Waals surface area contributed by atoms with Gasteiger partial charge in [0.15, 0.2) is 0 Å². The van der Waals surface area contributed by atoms with Crippen LogP contribution in [0.15, 0.2) is 18.3 Å². The lowest BCUT2D eigenvalue weighted by Gasteiger charge is -2.04. The lowest BCUT2D eigenvalue weighted by Crippen LogP contribution is -2.03. The van der Waals surface area contributed by atoms with Crippen molar-refractivity contribution >= 4 is 34.1 Å². The van der Waals surface area contributed by atoms with Crippen LogP contribution in [0.1, 0.15) is 18.5 Å². The van der Waals surface area contributed by atoms with Crippen LogP contribution in [0, 0.1) is 0 Å². The average Bonchev–Trinajstić information content (AvgIpc) is 2.47. The van der Waals surface area contributed by atoms with Crippen molar-refractivity contribution in [2.24, 2.45) is 5.73 Å². The SMILES string of the molecule is CC(N)c1c[nH]c2cc(Cl)cc(Cl)c12. The number of hydrogen-bond donors (Lipinski definition) is 2. The van der Waals surface area contributed by atoms with E-state index >= 15 is 0 Å². The molecule has 0 bridgehead atoms. The average molecular weight is 229 g/mol. The van der Waals surface area contributed by atoms with E-state index in [0.29, 0.717) is 10.0 Å². The molecular weight excluding hydrogens is 219 g/mol. The van der Waals surface area contributed by atoms with Crippen molar-refractivity contribution in [3.05, 3.63) is 33.9 Å². The molecule has 4 heteroatoms. The molecule has 0 radical (unpaired) electrons. The normalized spacial score (nSPS) is 13.4. The monoisotopic (exact) mass is 228 g/mol. The second kappa shape index (κ2) is 3.46. The van der Waals surface area contributed by atoms with Gasteiger partial charge in [-0.1, -0.05) is 23.2 Å². The molecule has 74 valence electrons. The van der Waals surface area contributed by atoms with Crippen LogP contribution in [0.5, 0.6) is 0 Å². The highest BCUT2D eigenvalue weighted by molar-refractivity contribution is 6.38. The molecule has 1 heterocycles. The molecule has 1 atom stereocenters. The number of halogens is 2. The second-order valence-electron chi connectivity index (χ2n) is 3.34. The Bertz CT molecular complexity index is 474. The molecule has 0 saturated carbocycles. The maximum Gasteiger partial charge on any atom is 0.0518 e. The minimum Gasteiger partial charge on any atom is -0.361 e. The van der Waals surface area contributed by atoms with Gasteiger partial charge < -0.3 is 10.7 Å². The van der Waals surface area contributed by atoms with E-state index in [-0.39, 0.29) is 6.04 Å². The van der Waals surface area contributed by atoms with E-state index < -0.39 is 0 Å². The van der Waals surface area contributed by atoms with E-state index in [1.54, 1.807) is 6.07 Å². The van der Waals surface area contributed by atoms with Crippen LogP contribution in [-0.4, -0.2) is 4.98 Å². The van der Waals surface area contributed by atoms with Gasteiger partial charge in [0.25, 0.3) is 0 Å². The molecule has 0 aliphatic rings. The summed E-state index contributed by atoms with van der Waals surface area (Å²) in [6.45, 7) is 1.92. The summed E-state index contributed by atoms with van der Waals surface area (Å²) in [6, 6.07) is 3.53. The molecule has 0 saturated heterocycles. The molecule has 3 N–H and O–H groups in total. The zero-order chi connectivity index (χ0) is 10.3. The van der Waals surface area contributed by atoms with Crippen LogP contribution in [0.4, 0.5) is 0 Å². The van der Waals surface area contributed by atoms with Crippen LogP contribution < -0.4 is 5.73 Å². The Morgan fingerprint density at radius 3 is 2.71 bits per heavy atom. The summed E-state index contributed by atoms with van der Waals surface area (Å²) in [5.41, 5.74) is 7.76. The van der Waals surface area contributed by atoms with E-state index in [0.717, 1.165) is 16.5 Å². The van der Waals surface area contributed by atoms with Crippen LogP contribution in [0.25, 0.3) is 10.9 Å². The van der Waals surface area contributed by atoms with Gasteiger partial charge in [-0.25, -0.2) is 0 Å². The molecule has 1 unspecified atom stereocenters. The summed E-state index contributed by atoms with van der Waals surface area (Å²) in [5.74, 6) is 0. The van der Waals surface area contributed by atoms with Crippen LogP contribution >= 0.6 is 23.2 Å². The highest BCUT2D eigenvalue weighted by Gasteiger charge is 2.11. The summed E-state index contributed by atoms with van der Waals surface area (Å²) < 4.78 is 0. The van der Waals surface area contributed by atoms with Crippen LogP contribution in [0.3, 0.4) is 0 Å². The number of aromatic amines is 1. The number of nitrogens with two attached hydrogens (primary N) is 1. The molecule has 1 aromatic carbocycles. The Labute approximate surface area is 92.0 Å². The fourth-order valence-electron chi connectivity index (χ4n) is 1.57. The summed E-state index contributed by atoms with van der Waals surface area (Å²) in [5, 5.41) is 2.23. The molecule has 0 spiro atoms. The maximum atomic E-state index is 6.09. The predicted molar refractivity (Wildman–Crippen MR) is 60.9 cm³/mol. The van der Waals surface area contributed by atoms with Gasteiger partial charge in [0, 0.05) is 28.2 Å². The number of rotatable bonds is 1. The first-order valence-corrected chi connectivity index (χ1v) is 5.07. The minimum atomic E-state index is -0.0394. The molecule has 0 aliphatic carbocycles. The van der Waals surface area contributed by atoms with Crippen LogP contribution in [-0.2, 0) is 0 Å². The van der Waals surface area contributed by atoms with Gasteiger partial charge in [0.05, 0.1) is 5.02 Å². The summed E-state index contributed by atoms with van der Waals surface area (Å²) in [7, 11) is 0. The number of hydrogen-bond acceptors (Lipinski definition) is 1. The first-order valence-electron chi connectivity index (χ1n) is 4.31. The quantitative estimate of drug-likeness (QED) is 0.772. The van der Waals surface area contributed by atoms with E-state index in [1.807, 2.05) is 19.2 Å². The summed E-state index contributed by atoms with van der Waals surface area (Å²) in [6.07, 6.45) is 1.87. The summed E-state index contributed by atoms with van der Waals surface area (Å²) in [4.78, 5) is 3.10. The topological polar surface area (TPSA) is 41.8 Å². The Morgan fingerprint density at radius 2 is 2.07 bits per heavy atom. The fraction of sp³-hybridized carbons (Fsp3) is 0.200. The first-order chi connectivity index (χ1) is 6.59. The third-order valence-corrected chi connectivity index (χ3v) is 2.73. The number of nitrogens with one attached hydrogen (secondary N) is 1. The molecule has 0 fully saturated rings. The van der Waals surface area contributed by atoms with Gasteiger partial charge in [-0.15, -0.1) is 0 Å². The Kier molecular flexibility index (Phi) is 2.43. The van der Waals surface area contributed by atoms with Gasteiger partial charge >= 0.3 is 0 Å². The van der Waals surface area contributed by atoms with Crippen molar-refractivity contribution in [3.8, 4) is 0 Å². The van der Waals surface area contributed by atoms with Gasteiger partial charge in [-0.3, -0.25) is 0 Å². The summed E-state index contributed by atoms with van der Waals surface area (Å²) >= 11 is 12.0. The Hall–Kier alpha value is -0.700. The zero-order valence-electron chi connectivity index (χ0n) is 7.64. The Morgan fingerprint density at radius 1 is 1.36 bits per heavy atom. The highest BCUT2D eigenvalue weighted by atomic mass is 35.5. The molecule has 2 nitrogen and oxygen atoms in total. The highest BCUT2D eigenvalue weighted by Crippen LogP contribution is 2.32. The molecule has 0 amide bonds. The molecule has 0 aliphatic heterocycles. The third kappa shape index (κ3) is 1.50. The van der Waals surface area contributed by atoms with Gasteiger partial charge in [0.1, 0.15) is 0 Å².